The molecule has 0 spiro atoms. The second-order valence-corrected chi connectivity index (χ2v) is 5.56. The molecule has 0 unspecified atom stereocenters. The molecule has 0 aliphatic heterocycles. The smallest absolute Gasteiger partial charge is 0.133 e. The highest BCUT2D eigenvalue weighted by atomic mass is 16.5. The molecule has 3 aromatic rings. The van der Waals surface area contributed by atoms with E-state index < -0.39 is 0 Å². The molecular formula is C17H20N4O. The van der Waals surface area contributed by atoms with Gasteiger partial charge < -0.3 is 9.09 Å². The van der Waals surface area contributed by atoms with E-state index >= 15 is 0 Å². The Morgan fingerprint density at radius 1 is 1.18 bits per heavy atom. The maximum Gasteiger partial charge on any atom is 0.133 e. The number of aryl methyl sites for hydroxylation is 1. The minimum atomic E-state index is 0.746. The van der Waals surface area contributed by atoms with Gasteiger partial charge in [0.05, 0.1) is 12.2 Å². The fraction of sp³-hybridized carbons (Fsp3) is 0.294. The SMILES string of the molecule is Cc1cc(CN(C)Cc2nccn2Cc2ccccc2)no1. The Hall–Kier alpha value is -2.40. The zero-order valence-electron chi connectivity index (χ0n) is 12.9. The third-order valence-electron chi connectivity index (χ3n) is 3.52. The average Bonchev–Trinajstić information content (AvgIpc) is 3.10. The summed E-state index contributed by atoms with van der Waals surface area (Å²) in [4.78, 5) is 6.66. The van der Waals surface area contributed by atoms with Crippen LogP contribution in [0.25, 0.3) is 0 Å². The third kappa shape index (κ3) is 3.62. The van der Waals surface area contributed by atoms with Crippen molar-refractivity contribution in [2.24, 2.45) is 0 Å². The van der Waals surface area contributed by atoms with Gasteiger partial charge in [0.25, 0.3) is 0 Å². The van der Waals surface area contributed by atoms with E-state index in [4.69, 9.17) is 4.52 Å². The molecule has 0 bridgehead atoms. The van der Waals surface area contributed by atoms with Gasteiger partial charge in [-0.2, -0.15) is 0 Å². The summed E-state index contributed by atoms with van der Waals surface area (Å²) >= 11 is 0. The average molecular weight is 296 g/mol. The summed E-state index contributed by atoms with van der Waals surface area (Å²) in [6.45, 7) is 4.26. The van der Waals surface area contributed by atoms with E-state index in [0.717, 1.165) is 36.9 Å². The van der Waals surface area contributed by atoms with Crippen LogP contribution >= 0.6 is 0 Å². The predicted octanol–water partition coefficient (Wildman–Crippen LogP) is 2.86. The minimum Gasteiger partial charge on any atom is -0.361 e. The van der Waals surface area contributed by atoms with Crippen LogP contribution < -0.4 is 0 Å². The zero-order valence-corrected chi connectivity index (χ0v) is 12.9. The molecule has 22 heavy (non-hydrogen) atoms. The second kappa shape index (κ2) is 6.58. The fourth-order valence-electron chi connectivity index (χ4n) is 2.48. The molecule has 114 valence electrons. The Kier molecular flexibility index (Phi) is 4.34. The van der Waals surface area contributed by atoms with Gasteiger partial charge in [-0.3, -0.25) is 4.90 Å². The molecule has 1 aromatic carbocycles. The number of nitrogens with zero attached hydrogens (tertiary/aromatic N) is 4. The van der Waals surface area contributed by atoms with Crippen molar-refractivity contribution in [1.29, 1.82) is 0 Å². The molecule has 0 amide bonds. The summed E-state index contributed by atoms with van der Waals surface area (Å²) in [6, 6.07) is 12.4. The lowest BCUT2D eigenvalue weighted by atomic mass is 10.2. The van der Waals surface area contributed by atoms with Crippen LogP contribution in [0.3, 0.4) is 0 Å². The quantitative estimate of drug-likeness (QED) is 0.702. The highest BCUT2D eigenvalue weighted by molar-refractivity contribution is 5.15. The Morgan fingerprint density at radius 3 is 2.73 bits per heavy atom. The van der Waals surface area contributed by atoms with E-state index in [1.54, 1.807) is 0 Å². The van der Waals surface area contributed by atoms with E-state index in [2.05, 4.69) is 50.9 Å². The van der Waals surface area contributed by atoms with Gasteiger partial charge in [-0.05, 0) is 19.5 Å². The number of aromatic nitrogens is 3. The van der Waals surface area contributed by atoms with Crippen molar-refractivity contribution in [3.05, 3.63) is 71.6 Å². The second-order valence-electron chi connectivity index (χ2n) is 5.56. The summed E-state index contributed by atoms with van der Waals surface area (Å²) < 4.78 is 7.29. The molecule has 0 fully saturated rings. The maximum atomic E-state index is 5.11. The largest absolute Gasteiger partial charge is 0.361 e. The number of hydrogen-bond acceptors (Lipinski definition) is 4. The molecule has 2 heterocycles. The first-order valence-corrected chi connectivity index (χ1v) is 7.35. The zero-order chi connectivity index (χ0) is 15.4. The van der Waals surface area contributed by atoms with Crippen LogP contribution in [0.5, 0.6) is 0 Å². The number of imidazole rings is 1. The van der Waals surface area contributed by atoms with Gasteiger partial charge in [-0.25, -0.2) is 4.98 Å². The molecule has 5 heteroatoms. The van der Waals surface area contributed by atoms with Crippen molar-refractivity contribution in [3.63, 3.8) is 0 Å². The normalized spacial score (nSPS) is 11.2. The molecular weight excluding hydrogens is 276 g/mol. The molecule has 0 atom stereocenters. The lowest BCUT2D eigenvalue weighted by molar-refractivity contribution is 0.291. The monoisotopic (exact) mass is 296 g/mol. The van der Waals surface area contributed by atoms with Crippen molar-refractivity contribution in [1.82, 2.24) is 19.6 Å². The Morgan fingerprint density at radius 2 is 2.00 bits per heavy atom. The van der Waals surface area contributed by atoms with Crippen LogP contribution in [-0.2, 0) is 19.6 Å². The van der Waals surface area contributed by atoms with Gasteiger partial charge >= 0.3 is 0 Å². The van der Waals surface area contributed by atoms with Gasteiger partial charge in [0.2, 0.25) is 0 Å². The third-order valence-corrected chi connectivity index (χ3v) is 3.52. The van der Waals surface area contributed by atoms with Gasteiger partial charge in [-0.15, -0.1) is 0 Å². The summed E-state index contributed by atoms with van der Waals surface area (Å²) in [5, 5.41) is 4.03. The van der Waals surface area contributed by atoms with Crippen LogP contribution in [0, 0.1) is 6.92 Å². The molecule has 0 saturated carbocycles. The molecule has 0 N–H and O–H groups in total. The van der Waals surface area contributed by atoms with Gasteiger partial charge in [0.1, 0.15) is 11.6 Å². The van der Waals surface area contributed by atoms with E-state index in [1.165, 1.54) is 5.56 Å². The van der Waals surface area contributed by atoms with Crippen molar-refractivity contribution in [2.45, 2.75) is 26.6 Å². The first-order valence-electron chi connectivity index (χ1n) is 7.35. The standard InChI is InChI=1S/C17H20N4O/c1-14-10-16(19-22-14)12-20(2)13-17-18-8-9-21(17)11-15-6-4-3-5-7-15/h3-10H,11-13H2,1-2H3. The van der Waals surface area contributed by atoms with Crippen LogP contribution in [-0.4, -0.2) is 26.7 Å². The van der Waals surface area contributed by atoms with Crippen molar-refractivity contribution >= 4 is 0 Å². The van der Waals surface area contributed by atoms with Gasteiger partial charge in [-0.1, -0.05) is 35.5 Å². The van der Waals surface area contributed by atoms with E-state index in [1.807, 2.05) is 31.5 Å². The van der Waals surface area contributed by atoms with E-state index in [9.17, 15) is 0 Å². The van der Waals surface area contributed by atoms with Crippen molar-refractivity contribution in [3.8, 4) is 0 Å². The first-order chi connectivity index (χ1) is 10.7. The molecule has 2 aromatic heterocycles. The summed E-state index contributed by atoms with van der Waals surface area (Å²) in [5.41, 5.74) is 2.22. The predicted molar refractivity (Wildman–Crippen MR) is 84.2 cm³/mol. The van der Waals surface area contributed by atoms with Crippen LogP contribution in [0.2, 0.25) is 0 Å². The van der Waals surface area contributed by atoms with Crippen LogP contribution in [0.4, 0.5) is 0 Å². The number of hydrogen-bond donors (Lipinski definition) is 0. The Bertz CT molecular complexity index is 717. The number of rotatable bonds is 6. The van der Waals surface area contributed by atoms with Crippen LogP contribution in [0.15, 0.2) is 53.3 Å². The molecule has 5 nitrogen and oxygen atoms in total. The van der Waals surface area contributed by atoms with Gasteiger partial charge in [0.15, 0.2) is 0 Å². The molecule has 3 rings (SSSR count). The molecule has 0 aliphatic carbocycles. The first kappa shape index (κ1) is 14.5. The highest BCUT2D eigenvalue weighted by Gasteiger charge is 2.09. The minimum absolute atomic E-state index is 0.746. The van der Waals surface area contributed by atoms with Crippen molar-refractivity contribution in [2.75, 3.05) is 7.05 Å². The summed E-state index contributed by atoms with van der Waals surface area (Å²) in [6.07, 6.45) is 3.88. The molecule has 0 saturated heterocycles. The van der Waals surface area contributed by atoms with Gasteiger partial charge in [0, 0.05) is 31.5 Å². The molecule has 0 radical (unpaired) electrons. The van der Waals surface area contributed by atoms with Crippen molar-refractivity contribution < 1.29 is 4.52 Å². The van der Waals surface area contributed by atoms with E-state index in [0.29, 0.717) is 0 Å². The lowest BCUT2D eigenvalue weighted by Crippen LogP contribution is -2.20. The maximum absolute atomic E-state index is 5.11. The van der Waals surface area contributed by atoms with E-state index in [-0.39, 0.29) is 0 Å². The molecule has 0 aliphatic rings. The fourth-order valence-corrected chi connectivity index (χ4v) is 2.48. The summed E-state index contributed by atoms with van der Waals surface area (Å²) in [5.74, 6) is 1.89. The van der Waals surface area contributed by atoms with Crippen LogP contribution in [0.1, 0.15) is 22.8 Å². The Labute approximate surface area is 130 Å². The Balaban J connectivity index is 1.64. The summed E-state index contributed by atoms with van der Waals surface area (Å²) in [7, 11) is 2.06. The number of benzene rings is 1. The lowest BCUT2D eigenvalue weighted by Gasteiger charge is -2.16. The topological polar surface area (TPSA) is 47.1 Å². The highest BCUT2D eigenvalue weighted by Crippen LogP contribution is 2.10.